The molecule has 0 amide bonds. The van der Waals surface area contributed by atoms with Crippen LogP contribution in [-0.4, -0.2) is 26.2 Å². The Morgan fingerprint density at radius 2 is 0.571 bits per heavy atom. The van der Waals surface area contributed by atoms with E-state index in [1.54, 1.807) is 0 Å². The van der Waals surface area contributed by atoms with Crippen LogP contribution >= 0.6 is 0 Å². The minimum Gasteiger partial charge on any atom is -0.330 e. The van der Waals surface area contributed by atoms with Gasteiger partial charge in [-0.3, -0.25) is 0 Å². The molecule has 4 heteroatoms. The molecule has 0 aromatic heterocycles. The van der Waals surface area contributed by atoms with Crippen LogP contribution in [0.1, 0.15) is 38.5 Å². The number of hydrogen-bond donors (Lipinski definition) is 4. The van der Waals surface area contributed by atoms with Crippen molar-refractivity contribution in [3.8, 4) is 0 Å². The van der Waals surface area contributed by atoms with Crippen molar-refractivity contribution in [2.75, 3.05) is 26.2 Å². The zero-order chi connectivity index (χ0) is 11.1. The Kier molecular flexibility index (Phi) is 21.6. The average Bonchev–Trinajstić information content (AvgIpc) is 2.21. The Bertz CT molecular complexity index is 60.5. The van der Waals surface area contributed by atoms with E-state index in [-0.39, 0.29) is 0 Å². The van der Waals surface area contributed by atoms with Crippen molar-refractivity contribution in [2.45, 2.75) is 38.5 Å². The summed E-state index contributed by atoms with van der Waals surface area (Å²) in [4.78, 5) is 0. The monoisotopic (exact) mass is 204 g/mol. The van der Waals surface area contributed by atoms with E-state index >= 15 is 0 Å². The van der Waals surface area contributed by atoms with E-state index in [0.29, 0.717) is 0 Å². The molecule has 0 rings (SSSR count). The summed E-state index contributed by atoms with van der Waals surface area (Å²) in [5, 5.41) is 0. The normalized spacial score (nSPS) is 9.43. The summed E-state index contributed by atoms with van der Waals surface area (Å²) in [6.07, 6.45) is 6.86. The van der Waals surface area contributed by atoms with Gasteiger partial charge in [-0.15, -0.1) is 0 Å². The largest absolute Gasteiger partial charge is 0.330 e. The molecule has 0 saturated carbocycles. The molecule has 0 aliphatic carbocycles. The fraction of sp³-hybridized carbons (Fsp3) is 1.00. The third kappa shape index (κ3) is 22.6. The molecule has 0 radical (unpaired) electrons. The van der Waals surface area contributed by atoms with Gasteiger partial charge < -0.3 is 22.9 Å². The van der Waals surface area contributed by atoms with E-state index in [9.17, 15) is 0 Å². The first-order valence-electron chi connectivity index (χ1n) is 5.63. The first-order chi connectivity index (χ1) is 6.83. The Balaban J connectivity index is 0. The molecule has 14 heavy (non-hydrogen) atoms. The predicted octanol–water partition coefficient (Wildman–Crippen LogP) is 0.148. The highest BCUT2D eigenvalue weighted by Crippen LogP contribution is 1.88. The first kappa shape index (κ1) is 16.3. The maximum absolute atomic E-state index is 5.23. The van der Waals surface area contributed by atoms with E-state index in [4.69, 9.17) is 22.9 Å². The van der Waals surface area contributed by atoms with Crippen LogP contribution < -0.4 is 22.9 Å². The van der Waals surface area contributed by atoms with Gasteiger partial charge >= 0.3 is 0 Å². The summed E-state index contributed by atoms with van der Waals surface area (Å²) in [6, 6.07) is 0. The van der Waals surface area contributed by atoms with Gasteiger partial charge in [-0.05, 0) is 51.9 Å². The fourth-order valence-electron chi connectivity index (χ4n) is 0.931. The van der Waals surface area contributed by atoms with E-state index < -0.39 is 0 Å². The summed E-state index contributed by atoms with van der Waals surface area (Å²) in [5.74, 6) is 0. The molecule has 0 aliphatic heterocycles. The Morgan fingerprint density at radius 3 is 0.714 bits per heavy atom. The van der Waals surface area contributed by atoms with Crippen molar-refractivity contribution >= 4 is 0 Å². The second kappa shape index (κ2) is 18.6. The van der Waals surface area contributed by atoms with Gasteiger partial charge in [0.15, 0.2) is 0 Å². The predicted molar refractivity (Wildman–Crippen MR) is 63.9 cm³/mol. The molecule has 0 atom stereocenters. The second-order valence-electron chi connectivity index (χ2n) is 3.28. The fourth-order valence-corrected chi connectivity index (χ4v) is 0.931. The van der Waals surface area contributed by atoms with E-state index in [1.807, 2.05) is 0 Å². The summed E-state index contributed by atoms with van der Waals surface area (Å²) in [7, 11) is 0. The highest BCUT2D eigenvalue weighted by atomic mass is 14.5. The molecule has 4 nitrogen and oxygen atoms in total. The number of hydrogen-bond acceptors (Lipinski definition) is 4. The third-order valence-corrected chi connectivity index (χ3v) is 1.82. The maximum Gasteiger partial charge on any atom is -0.00773 e. The van der Waals surface area contributed by atoms with E-state index in [1.165, 1.54) is 12.8 Å². The first-order valence-corrected chi connectivity index (χ1v) is 5.63. The minimum absolute atomic E-state index is 0.806. The van der Waals surface area contributed by atoms with Crippen LogP contribution in [0.25, 0.3) is 0 Å². The molecule has 0 saturated heterocycles. The molecule has 0 aliphatic rings. The Morgan fingerprint density at radius 1 is 0.357 bits per heavy atom. The van der Waals surface area contributed by atoms with Crippen LogP contribution in [0.15, 0.2) is 0 Å². The standard InChI is InChI=1S/2C5H14N2/c2*6-4-2-1-3-5-7/h2*1-7H2. The van der Waals surface area contributed by atoms with Crippen LogP contribution in [0.5, 0.6) is 0 Å². The number of unbranched alkanes of at least 4 members (excludes halogenated alkanes) is 4. The van der Waals surface area contributed by atoms with Crippen molar-refractivity contribution in [2.24, 2.45) is 22.9 Å². The van der Waals surface area contributed by atoms with Crippen LogP contribution in [0, 0.1) is 0 Å². The lowest BCUT2D eigenvalue weighted by molar-refractivity contribution is 0.695. The highest BCUT2D eigenvalue weighted by molar-refractivity contribution is 4.41. The molecule has 0 aromatic rings. The van der Waals surface area contributed by atoms with Crippen molar-refractivity contribution in [3.05, 3.63) is 0 Å². The molecular formula is C10H28N4. The van der Waals surface area contributed by atoms with Gasteiger partial charge in [0.25, 0.3) is 0 Å². The van der Waals surface area contributed by atoms with E-state index in [0.717, 1.165) is 51.9 Å². The Labute approximate surface area is 88.4 Å². The third-order valence-electron chi connectivity index (χ3n) is 1.82. The lowest BCUT2D eigenvalue weighted by Gasteiger charge is -1.91. The van der Waals surface area contributed by atoms with Gasteiger partial charge in [0, 0.05) is 0 Å². The Hall–Kier alpha value is -0.160. The summed E-state index contributed by atoms with van der Waals surface area (Å²) in [6.45, 7) is 3.22. The molecule has 0 unspecified atom stereocenters. The van der Waals surface area contributed by atoms with Gasteiger partial charge in [-0.25, -0.2) is 0 Å². The van der Waals surface area contributed by atoms with Crippen molar-refractivity contribution < 1.29 is 0 Å². The molecule has 0 fully saturated rings. The van der Waals surface area contributed by atoms with Gasteiger partial charge in [0.2, 0.25) is 0 Å². The average molecular weight is 204 g/mol. The van der Waals surface area contributed by atoms with Crippen molar-refractivity contribution in [3.63, 3.8) is 0 Å². The van der Waals surface area contributed by atoms with Crippen LogP contribution in [-0.2, 0) is 0 Å². The molecule has 88 valence electrons. The SMILES string of the molecule is NCCCCCN.NCCCCCN. The van der Waals surface area contributed by atoms with Gasteiger partial charge in [0.1, 0.15) is 0 Å². The quantitative estimate of drug-likeness (QED) is 0.422. The van der Waals surface area contributed by atoms with Crippen molar-refractivity contribution in [1.29, 1.82) is 0 Å². The molecule has 8 N–H and O–H groups in total. The maximum atomic E-state index is 5.23. The molecule has 0 spiro atoms. The topological polar surface area (TPSA) is 104 Å². The second-order valence-corrected chi connectivity index (χ2v) is 3.28. The zero-order valence-corrected chi connectivity index (χ0v) is 9.38. The number of nitrogens with two attached hydrogens (primary N) is 4. The molecular weight excluding hydrogens is 176 g/mol. The van der Waals surface area contributed by atoms with Crippen LogP contribution in [0.2, 0.25) is 0 Å². The molecule has 0 heterocycles. The van der Waals surface area contributed by atoms with Crippen LogP contribution in [0.3, 0.4) is 0 Å². The van der Waals surface area contributed by atoms with Gasteiger partial charge in [-0.1, -0.05) is 12.8 Å². The van der Waals surface area contributed by atoms with Crippen LogP contribution in [0.4, 0.5) is 0 Å². The molecule has 0 aromatic carbocycles. The van der Waals surface area contributed by atoms with E-state index in [2.05, 4.69) is 0 Å². The summed E-state index contributed by atoms with van der Waals surface area (Å²) < 4.78 is 0. The highest BCUT2D eigenvalue weighted by Gasteiger charge is 1.80. The van der Waals surface area contributed by atoms with Gasteiger partial charge in [0.05, 0.1) is 0 Å². The molecule has 0 bridgehead atoms. The van der Waals surface area contributed by atoms with Gasteiger partial charge in [-0.2, -0.15) is 0 Å². The summed E-state index contributed by atoms with van der Waals surface area (Å²) >= 11 is 0. The van der Waals surface area contributed by atoms with Crippen molar-refractivity contribution in [1.82, 2.24) is 0 Å². The lowest BCUT2D eigenvalue weighted by Crippen LogP contribution is -2.02. The minimum atomic E-state index is 0.806. The zero-order valence-electron chi connectivity index (χ0n) is 9.38. The number of rotatable bonds is 8. The smallest absolute Gasteiger partial charge is 0.00773 e. The lowest BCUT2D eigenvalue weighted by atomic mass is 10.2. The summed E-state index contributed by atoms with van der Waals surface area (Å²) in [5.41, 5.74) is 20.9.